The smallest absolute Gasteiger partial charge is 0.405 e. The molecule has 0 aliphatic heterocycles. The number of hydrogen-bond acceptors (Lipinski definition) is 2. The number of aliphatic hydroxyl groups is 1. The maximum atomic E-state index is 12.1. The first-order valence-corrected chi connectivity index (χ1v) is 5.11. The van der Waals surface area contributed by atoms with Crippen LogP contribution in [0.1, 0.15) is 18.9 Å². The summed E-state index contributed by atoms with van der Waals surface area (Å²) in [5.74, 6) is -0.264. The fraction of sp³-hybridized carbons (Fsp3) is 0.333. The summed E-state index contributed by atoms with van der Waals surface area (Å²) < 4.78 is 40.3. The molecule has 5 heteroatoms. The van der Waals surface area contributed by atoms with E-state index in [0.29, 0.717) is 17.6 Å². The van der Waals surface area contributed by atoms with Gasteiger partial charge in [-0.05, 0) is 24.1 Å². The Kier molecular flexibility index (Phi) is 4.57. The van der Waals surface area contributed by atoms with Crippen LogP contribution in [0.5, 0.6) is 5.75 Å². The molecule has 0 aliphatic carbocycles. The van der Waals surface area contributed by atoms with E-state index in [0.717, 1.165) is 0 Å². The zero-order valence-electron chi connectivity index (χ0n) is 9.29. The molecule has 1 N–H and O–H groups in total. The van der Waals surface area contributed by atoms with Crippen molar-refractivity contribution in [1.29, 1.82) is 0 Å². The zero-order valence-corrected chi connectivity index (χ0v) is 9.29. The third-order valence-electron chi connectivity index (χ3n) is 2.16. The van der Waals surface area contributed by atoms with Crippen molar-refractivity contribution < 1.29 is 23.0 Å². The van der Waals surface area contributed by atoms with E-state index in [1.807, 2.05) is 6.92 Å². The highest BCUT2D eigenvalue weighted by Crippen LogP contribution is 2.27. The molecule has 0 saturated heterocycles. The van der Waals surface area contributed by atoms with Gasteiger partial charge in [0.2, 0.25) is 0 Å². The van der Waals surface area contributed by atoms with Crippen LogP contribution in [0.2, 0.25) is 0 Å². The molecular formula is C12H13F3O2. The van der Waals surface area contributed by atoms with Crippen LogP contribution in [0.4, 0.5) is 13.2 Å². The minimum Gasteiger partial charge on any atom is -0.405 e. The van der Waals surface area contributed by atoms with Gasteiger partial charge in [0.25, 0.3) is 0 Å². The Morgan fingerprint density at radius 1 is 1.35 bits per heavy atom. The SMILES string of the molecule is CCC(=Cc1ccccc1OC(F)(F)F)CO. The van der Waals surface area contributed by atoms with Crippen molar-refractivity contribution in [2.75, 3.05) is 6.61 Å². The summed E-state index contributed by atoms with van der Waals surface area (Å²) in [5.41, 5.74) is 0.943. The van der Waals surface area contributed by atoms with Crippen molar-refractivity contribution >= 4 is 6.08 Å². The Morgan fingerprint density at radius 3 is 2.53 bits per heavy atom. The van der Waals surface area contributed by atoms with Crippen molar-refractivity contribution in [2.24, 2.45) is 0 Å². The van der Waals surface area contributed by atoms with E-state index >= 15 is 0 Å². The molecule has 17 heavy (non-hydrogen) atoms. The summed E-state index contributed by atoms with van der Waals surface area (Å²) in [5, 5.41) is 8.98. The van der Waals surface area contributed by atoms with Gasteiger partial charge < -0.3 is 9.84 Å². The molecule has 0 fully saturated rings. The molecule has 0 aliphatic rings. The normalized spacial score (nSPS) is 12.6. The third kappa shape index (κ3) is 4.48. The Balaban J connectivity index is 3.04. The average molecular weight is 246 g/mol. The van der Waals surface area contributed by atoms with Gasteiger partial charge in [-0.15, -0.1) is 13.2 Å². The molecule has 0 amide bonds. The fourth-order valence-electron chi connectivity index (χ4n) is 1.30. The highest BCUT2D eigenvalue weighted by atomic mass is 19.4. The highest BCUT2D eigenvalue weighted by Gasteiger charge is 2.31. The van der Waals surface area contributed by atoms with Crippen LogP contribution in [-0.2, 0) is 0 Å². The van der Waals surface area contributed by atoms with Gasteiger partial charge in [0.15, 0.2) is 0 Å². The molecule has 2 nitrogen and oxygen atoms in total. The molecule has 0 spiro atoms. The largest absolute Gasteiger partial charge is 0.573 e. The first-order valence-electron chi connectivity index (χ1n) is 5.11. The van der Waals surface area contributed by atoms with E-state index in [1.165, 1.54) is 24.3 Å². The van der Waals surface area contributed by atoms with Crippen LogP contribution >= 0.6 is 0 Å². The van der Waals surface area contributed by atoms with E-state index in [4.69, 9.17) is 5.11 Å². The molecule has 1 aromatic rings. The van der Waals surface area contributed by atoms with Gasteiger partial charge in [-0.25, -0.2) is 0 Å². The standard InChI is InChI=1S/C12H13F3O2/c1-2-9(8-16)7-10-5-3-4-6-11(10)17-12(13,14)15/h3-7,16H,2,8H2,1H3. The van der Waals surface area contributed by atoms with Crippen LogP contribution in [0.25, 0.3) is 6.08 Å². The summed E-state index contributed by atoms with van der Waals surface area (Å²) in [6, 6.07) is 5.82. The van der Waals surface area contributed by atoms with Crippen LogP contribution in [0.3, 0.4) is 0 Å². The maximum absolute atomic E-state index is 12.1. The van der Waals surface area contributed by atoms with Crippen LogP contribution < -0.4 is 4.74 Å². The molecule has 0 atom stereocenters. The van der Waals surface area contributed by atoms with Crippen LogP contribution in [0.15, 0.2) is 29.8 Å². The van der Waals surface area contributed by atoms with E-state index in [1.54, 1.807) is 6.07 Å². The van der Waals surface area contributed by atoms with Crippen molar-refractivity contribution in [1.82, 2.24) is 0 Å². The van der Waals surface area contributed by atoms with Gasteiger partial charge >= 0.3 is 6.36 Å². The van der Waals surface area contributed by atoms with E-state index in [9.17, 15) is 13.2 Å². The molecule has 0 aromatic heterocycles. The Labute approximate surface area is 97.3 Å². The van der Waals surface area contributed by atoms with Gasteiger partial charge in [-0.2, -0.15) is 0 Å². The lowest BCUT2D eigenvalue weighted by Crippen LogP contribution is -2.17. The Hall–Kier alpha value is -1.49. The van der Waals surface area contributed by atoms with Crippen molar-refractivity contribution in [2.45, 2.75) is 19.7 Å². The minimum absolute atomic E-state index is 0.184. The highest BCUT2D eigenvalue weighted by molar-refractivity contribution is 5.59. The lowest BCUT2D eigenvalue weighted by Gasteiger charge is -2.11. The Bertz CT molecular complexity index is 391. The lowest BCUT2D eigenvalue weighted by atomic mass is 10.1. The Morgan fingerprint density at radius 2 is 2.00 bits per heavy atom. The van der Waals surface area contributed by atoms with Gasteiger partial charge in [0.05, 0.1) is 6.61 Å². The van der Waals surface area contributed by atoms with Crippen molar-refractivity contribution in [3.05, 3.63) is 35.4 Å². The number of halogens is 3. The summed E-state index contributed by atoms with van der Waals surface area (Å²) in [6.45, 7) is 1.63. The van der Waals surface area contributed by atoms with Crippen molar-refractivity contribution in [3.63, 3.8) is 0 Å². The van der Waals surface area contributed by atoms with Gasteiger partial charge in [0, 0.05) is 5.56 Å². The summed E-state index contributed by atoms with van der Waals surface area (Å²) in [4.78, 5) is 0. The number of para-hydroxylation sites is 1. The molecule has 0 heterocycles. The van der Waals surface area contributed by atoms with E-state index in [2.05, 4.69) is 4.74 Å². The molecule has 0 unspecified atom stereocenters. The molecule has 1 rings (SSSR count). The average Bonchev–Trinajstić information content (AvgIpc) is 2.26. The molecular weight excluding hydrogens is 233 g/mol. The number of hydrogen-bond donors (Lipinski definition) is 1. The lowest BCUT2D eigenvalue weighted by molar-refractivity contribution is -0.274. The second kappa shape index (κ2) is 5.72. The number of ether oxygens (including phenoxy) is 1. The molecule has 0 radical (unpaired) electrons. The second-order valence-electron chi connectivity index (χ2n) is 3.40. The molecule has 0 saturated carbocycles. The maximum Gasteiger partial charge on any atom is 0.573 e. The van der Waals surface area contributed by atoms with Gasteiger partial charge in [0.1, 0.15) is 5.75 Å². The molecule has 94 valence electrons. The second-order valence-corrected chi connectivity index (χ2v) is 3.40. The first kappa shape index (κ1) is 13.6. The van der Waals surface area contributed by atoms with Crippen LogP contribution in [-0.4, -0.2) is 18.1 Å². The number of alkyl halides is 3. The van der Waals surface area contributed by atoms with Gasteiger partial charge in [-0.1, -0.05) is 25.1 Å². The minimum atomic E-state index is -4.71. The molecule has 1 aromatic carbocycles. The van der Waals surface area contributed by atoms with E-state index < -0.39 is 6.36 Å². The number of benzene rings is 1. The molecule has 0 bridgehead atoms. The third-order valence-corrected chi connectivity index (χ3v) is 2.16. The zero-order chi connectivity index (χ0) is 12.9. The predicted octanol–water partition coefficient (Wildman–Crippen LogP) is 3.37. The predicted molar refractivity (Wildman–Crippen MR) is 58.5 cm³/mol. The fourth-order valence-corrected chi connectivity index (χ4v) is 1.30. The topological polar surface area (TPSA) is 29.5 Å². The van der Waals surface area contributed by atoms with E-state index in [-0.39, 0.29) is 12.4 Å². The summed E-state index contributed by atoms with van der Waals surface area (Å²) in [6.07, 6.45) is -2.65. The van der Waals surface area contributed by atoms with Crippen LogP contribution in [0, 0.1) is 0 Å². The first-order chi connectivity index (χ1) is 7.96. The summed E-state index contributed by atoms with van der Waals surface area (Å²) in [7, 11) is 0. The number of aliphatic hydroxyl groups excluding tert-OH is 1. The monoisotopic (exact) mass is 246 g/mol. The van der Waals surface area contributed by atoms with Gasteiger partial charge in [-0.3, -0.25) is 0 Å². The van der Waals surface area contributed by atoms with Crippen molar-refractivity contribution in [3.8, 4) is 5.75 Å². The number of rotatable bonds is 4. The quantitative estimate of drug-likeness (QED) is 0.882. The summed E-state index contributed by atoms with van der Waals surface area (Å²) >= 11 is 0.